The standard InChI is InChI=1S/C26H26N2O2S/c1-3-16-31-25-27-23-20-8-4-5-9-22(20)26(14-6-7-15-26)17-21(23)24(29)28(25)18-10-12-19(30-2)13-11-18/h3-5,8-13H,1,6-7,14-17H2,2H3. The van der Waals surface area contributed by atoms with Crippen LogP contribution in [0.5, 0.6) is 5.75 Å². The number of benzene rings is 2. The van der Waals surface area contributed by atoms with Crippen molar-refractivity contribution < 1.29 is 4.74 Å². The van der Waals surface area contributed by atoms with Crippen LogP contribution in [0.1, 0.15) is 36.8 Å². The second-order valence-corrected chi connectivity index (χ2v) is 9.36. The van der Waals surface area contributed by atoms with Gasteiger partial charge in [-0.15, -0.1) is 6.58 Å². The second-order valence-electron chi connectivity index (χ2n) is 8.37. The molecule has 1 aromatic heterocycles. The van der Waals surface area contributed by atoms with Crippen LogP contribution in [-0.4, -0.2) is 22.4 Å². The zero-order valence-corrected chi connectivity index (χ0v) is 18.6. The van der Waals surface area contributed by atoms with E-state index in [0.717, 1.165) is 47.5 Å². The molecule has 3 aromatic rings. The first-order valence-electron chi connectivity index (χ1n) is 10.8. The van der Waals surface area contributed by atoms with Gasteiger partial charge in [0, 0.05) is 22.3 Å². The molecule has 1 saturated carbocycles. The van der Waals surface area contributed by atoms with Gasteiger partial charge < -0.3 is 4.74 Å². The Balaban J connectivity index is 1.75. The normalized spacial score (nSPS) is 16.0. The van der Waals surface area contributed by atoms with E-state index in [1.165, 1.54) is 30.2 Å². The molecule has 0 unspecified atom stereocenters. The van der Waals surface area contributed by atoms with E-state index in [1.807, 2.05) is 30.3 Å². The molecule has 4 nitrogen and oxygen atoms in total. The summed E-state index contributed by atoms with van der Waals surface area (Å²) in [6, 6.07) is 16.2. The van der Waals surface area contributed by atoms with Gasteiger partial charge in [-0.05, 0) is 49.1 Å². The Morgan fingerprint density at radius 2 is 1.90 bits per heavy atom. The SMILES string of the molecule is C=CCSc1nc2c(c(=O)n1-c1ccc(OC)cc1)CC1(CCCC1)c1ccccc1-2. The topological polar surface area (TPSA) is 44.1 Å². The van der Waals surface area contributed by atoms with Crippen LogP contribution in [0.25, 0.3) is 16.9 Å². The number of fused-ring (bicyclic) bond motifs is 4. The van der Waals surface area contributed by atoms with Crippen molar-refractivity contribution in [1.82, 2.24) is 9.55 Å². The highest BCUT2D eigenvalue weighted by Gasteiger charge is 2.42. The highest BCUT2D eigenvalue weighted by Crippen LogP contribution is 2.50. The minimum absolute atomic E-state index is 0.0440. The Labute approximate surface area is 187 Å². The van der Waals surface area contributed by atoms with Gasteiger partial charge >= 0.3 is 0 Å². The zero-order valence-electron chi connectivity index (χ0n) is 17.8. The van der Waals surface area contributed by atoms with Crippen LogP contribution in [0.3, 0.4) is 0 Å². The van der Waals surface area contributed by atoms with Gasteiger partial charge in [0.2, 0.25) is 0 Å². The van der Waals surface area contributed by atoms with Gasteiger partial charge in [-0.3, -0.25) is 9.36 Å². The summed E-state index contributed by atoms with van der Waals surface area (Å²) in [4.78, 5) is 19.0. The Morgan fingerprint density at radius 3 is 2.61 bits per heavy atom. The molecule has 5 heteroatoms. The van der Waals surface area contributed by atoms with Crippen molar-refractivity contribution in [1.29, 1.82) is 0 Å². The van der Waals surface area contributed by atoms with Crippen molar-refractivity contribution in [2.24, 2.45) is 0 Å². The van der Waals surface area contributed by atoms with E-state index in [4.69, 9.17) is 9.72 Å². The van der Waals surface area contributed by atoms with Gasteiger partial charge in [-0.2, -0.15) is 0 Å². The fourth-order valence-corrected chi connectivity index (χ4v) is 5.93. The van der Waals surface area contributed by atoms with Gasteiger partial charge in [0.15, 0.2) is 5.16 Å². The number of thioether (sulfide) groups is 1. The number of nitrogens with zero attached hydrogens (tertiary/aromatic N) is 2. The number of rotatable bonds is 5. The average Bonchev–Trinajstić information content (AvgIpc) is 3.28. The summed E-state index contributed by atoms with van der Waals surface area (Å²) in [5, 5.41) is 0.700. The Kier molecular flexibility index (Phi) is 5.22. The number of aromatic nitrogens is 2. The summed E-state index contributed by atoms with van der Waals surface area (Å²) in [6.07, 6.45) is 7.33. The first-order chi connectivity index (χ1) is 15.2. The molecule has 0 aliphatic heterocycles. The molecule has 5 rings (SSSR count). The van der Waals surface area contributed by atoms with Crippen molar-refractivity contribution in [3.8, 4) is 22.7 Å². The zero-order chi connectivity index (χ0) is 21.4. The van der Waals surface area contributed by atoms with Crippen LogP contribution in [0.4, 0.5) is 0 Å². The van der Waals surface area contributed by atoms with Gasteiger partial charge in [0.25, 0.3) is 5.56 Å². The Hall–Kier alpha value is -2.79. The molecular formula is C26H26N2O2S. The third-order valence-electron chi connectivity index (χ3n) is 6.64. The predicted molar refractivity (Wildman–Crippen MR) is 127 cm³/mol. The smallest absolute Gasteiger partial charge is 0.262 e. The molecule has 0 N–H and O–H groups in total. The molecule has 0 radical (unpaired) electrons. The highest BCUT2D eigenvalue weighted by atomic mass is 32.2. The maximum Gasteiger partial charge on any atom is 0.262 e. The lowest BCUT2D eigenvalue weighted by Gasteiger charge is -2.36. The lowest BCUT2D eigenvalue weighted by molar-refractivity contribution is 0.414. The lowest BCUT2D eigenvalue weighted by atomic mass is 9.68. The molecule has 31 heavy (non-hydrogen) atoms. The number of hydrogen-bond acceptors (Lipinski definition) is 4. The second kappa shape index (κ2) is 8.04. The monoisotopic (exact) mass is 430 g/mol. The minimum atomic E-state index is 0.0440. The summed E-state index contributed by atoms with van der Waals surface area (Å²) >= 11 is 1.54. The number of hydrogen-bond donors (Lipinski definition) is 0. The molecule has 0 atom stereocenters. The molecule has 2 aromatic carbocycles. The summed E-state index contributed by atoms with van der Waals surface area (Å²) < 4.78 is 7.07. The number of methoxy groups -OCH3 is 1. The number of ether oxygens (including phenoxy) is 1. The molecule has 1 spiro atoms. The maximum atomic E-state index is 14.0. The van der Waals surface area contributed by atoms with Gasteiger partial charge in [-0.1, -0.05) is 54.9 Å². The predicted octanol–water partition coefficient (Wildman–Crippen LogP) is 5.55. The fraction of sp³-hybridized carbons (Fsp3) is 0.308. The molecule has 0 bridgehead atoms. The molecule has 2 aliphatic carbocycles. The molecule has 2 aliphatic rings. The molecular weight excluding hydrogens is 404 g/mol. The van der Waals surface area contributed by atoms with Crippen molar-refractivity contribution in [2.75, 3.05) is 12.9 Å². The van der Waals surface area contributed by atoms with E-state index in [-0.39, 0.29) is 11.0 Å². The van der Waals surface area contributed by atoms with E-state index in [0.29, 0.717) is 10.9 Å². The van der Waals surface area contributed by atoms with E-state index >= 15 is 0 Å². The van der Waals surface area contributed by atoms with Crippen LogP contribution >= 0.6 is 11.8 Å². The largest absolute Gasteiger partial charge is 0.497 e. The van der Waals surface area contributed by atoms with E-state index in [2.05, 4.69) is 30.8 Å². The van der Waals surface area contributed by atoms with Crippen LogP contribution in [-0.2, 0) is 11.8 Å². The summed E-state index contributed by atoms with van der Waals surface area (Å²) in [5.41, 5.74) is 5.12. The summed E-state index contributed by atoms with van der Waals surface area (Å²) in [7, 11) is 1.64. The van der Waals surface area contributed by atoms with Crippen LogP contribution in [0.2, 0.25) is 0 Å². The lowest BCUT2D eigenvalue weighted by Crippen LogP contribution is -2.36. The van der Waals surface area contributed by atoms with E-state index < -0.39 is 0 Å². The molecule has 158 valence electrons. The van der Waals surface area contributed by atoms with Gasteiger partial charge in [-0.25, -0.2) is 4.98 Å². The first kappa shape index (κ1) is 20.1. The molecule has 0 saturated heterocycles. The minimum Gasteiger partial charge on any atom is -0.497 e. The van der Waals surface area contributed by atoms with E-state index in [9.17, 15) is 4.79 Å². The van der Waals surface area contributed by atoms with Crippen LogP contribution in [0, 0.1) is 0 Å². The van der Waals surface area contributed by atoms with Gasteiger partial charge in [0.05, 0.1) is 18.5 Å². The summed E-state index contributed by atoms with van der Waals surface area (Å²) in [6.45, 7) is 3.84. The van der Waals surface area contributed by atoms with Crippen molar-refractivity contribution >= 4 is 11.8 Å². The van der Waals surface area contributed by atoms with E-state index in [1.54, 1.807) is 11.7 Å². The van der Waals surface area contributed by atoms with Gasteiger partial charge in [0.1, 0.15) is 5.75 Å². The van der Waals surface area contributed by atoms with Crippen LogP contribution < -0.4 is 10.3 Å². The van der Waals surface area contributed by atoms with Crippen molar-refractivity contribution in [3.05, 3.63) is 82.7 Å². The van der Waals surface area contributed by atoms with Crippen molar-refractivity contribution in [3.63, 3.8) is 0 Å². The molecule has 1 heterocycles. The highest BCUT2D eigenvalue weighted by molar-refractivity contribution is 7.99. The Morgan fingerprint density at radius 1 is 1.16 bits per heavy atom. The molecule has 0 amide bonds. The quantitative estimate of drug-likeness (QED) is 0.302. The Bertz CT molecular complexity index is 1190. The third-order valence-corrected chi connectivity index (χ3v) is 7.57. The first-order valence-corrected chi connectivity index (χ1v) is 11.8. The van der Waals surface area contributed by atoms with Crippen molar-refractivity contribution in [2.45, 2.75) is 42.7 Å². The third kappa shape index (κ3) is 3.32. The molecule has 1 fully saturated rings. The average molecular weight is 431 g/mol. The fourth-order valence-electron chi connectivity index (χ4n) is 5.19. The maximum absolute atomic E-state index is 14.0. The van der Waals surface area contributed by atoms with Crippen LogP contribution in [0.15, 0.2) is 71.1 Å². The summed E-state index contributed by atoms with van der Waals surface area (Å²) in [5.74, 6) is 1.45.